The molecule has 0 aliphatic heterocycles. The van der Waals surface area contributed by atoms with Gasteiger partial charge < -0.3 is 43.2 Å². The number of H-pyrrole nitrogens is 1. The van der Waals surface area contributed by atoms with Gasteiger partial charge in [-0.2, -0.15) is 0 Å². The molecule has 0 radical (unpaired) electrons. The summed E-state index contributed by atoms with van der Waals surface area (Å²) in [5, 5.41) is 18.4. The fraction of sp³-hybridized carbons (Fsp3) is 0.345. The maximum atomic E-state index is 13.3. The predicted molar refractivity (Wildman–Crippen MR) is 159 cm³/mol. The summed E-state index contributed by atoms with van der Waals surface area (Å²) in [5.74, 6) is -3.12. The lowest BCUT2D eigenvalue weighted by Gasteiger charge is -2.23. The van der Waals surface area contributed by atoms with Gasteiger partial charge in [0.2, 0.25) is 17.7 Å². The van der Waals surface area contributed by atoms with Crippen molar-refractivity contribution in [3.63, 3.8) is 0 Å². The summed E-state index contributed by atoms with van der Waals surface area (Å²) < 4.78 is 0. The number of aliphatic carboxylic acids is 1. The first-order valence-corrected chi connectivity index (χ1v) is 13.6. The van der Waals surface area contributed by atoms with Gasteiger partial charge in [0.05, 0.1) is 6.04 Å². The van der Waals surface area contributed by atoms with E-state index in [1.54, 1.807) is 30.5 Å². The van der Waals surface area contributed by atoms with Gasteiger partial charge in [0.25, 0.3) is 0 Å². The molecule has 0 aliphatic rings. The summed E-state index contributed by atoms with van der Waals surface area (Å²) in [7, 11) is 0. The normalized spacial score (nSPS) is 13.8. The number of benzene rings is 2. The van der Waals surface area contributed by atoms with E-state index in [2.05, 4.69) is 25.9 Å². The number of carboxylic acid groups (broad SMARTS) is 1. The van der Waals surface area contributed by atoms with Crippen molar-refractivity contribution >= 4 is 40.6 Å². The molecule has 13 nitrogen and oxygen atoms in total. The first-order valence-electron chi connectivity index (χ1n) is 13.6. The van der Waals surface area contributed by atoms with Crippen molar-refractivity contribution in [3.05, 3.63) is 71.9 Å². The van der Waals surface area contributed by atoms with E-state index in [-0.39, 0.29) is 25.2 Å². The number of nitrogens with zero attached hydrogens (tertiary/aromatic N) is 1. The van der Waals surface area contributed by atoms with Crippen LogP contribution in [0.2, 0.25) is 0 Å². The van der Waals surface area contributed by atoms with Crippen molar-refractivity contribution < 1.29 is 24.3 Å². The van der Waals surface area contributed by atoms with Crippen LogP contribution in [0, 0.1) is 0 Å². The maximum Gasteiger partial charge on any atom is 0.326 e. The third-order valence-electron chi connectivity index (χ3n) is 6.69. The number of aliphatic imine (C=N–C) groups is 1. The Balaban J connectivity index is 1.64. The fourth-order valence-electron chi connectivity index (χ4n) is 4.39. The third-order valence-corrected chi connectivity index (χ3v) is 6.69. The number of hydrogen-bond donors (Lipinski definition) is 8. The van der Waals surface area contributed by atoms with Gasteiger partial charge in [-0.1, -0.05) is 48.5 Å². The Bertz CT molecular complexity index is 1400. The van der Waals surface area contributed by atoms with Crippen LogP contribution in [-0.4, -0.2) is 70.5 Å². The zero-order valence-electron chi connectivity index (χ0n) is 23.4. The highest BCUT2D eigenvalue weighted by Crippen LogP contribution is 2.19. The lowest BCUT2D eigenvalue weighted by molar-refractivity contribution is -0.142. The number of aromatic amines is 1. The zero-order chi connectivity index (χ0) is 30.6. The number of rotatable bonds is 15. The van der Waals surface area contributed by atoms with Crippen LogP contribution in [0.5, 0.6) is 0 Å². The van der Waals surface area contributed by atoms with E-state index < -0.39 is 47.9 Å². The molecule has 42 heavy (non-hydrogen) atoms. The number of guanidine groups is 1. The summed E-state index contributed by atoms with van der Waals surface area (Å²) >= 11 is 0. The minimum atomic E-state index is -1.23. The van der Waals surface area contributed by atoms with Gasteiger partial charge in [-0.15, -0.1) is 0 Å². The highest BCUT2D eigenvalue weighted by molar-refractivity contribution is 5.94. The number of para-hydroxylation sites is 1. The molecule has 0 spiro atoms. The van der Waals surface area contributed by atoms with Crippen LogP contribution in [0.4, 0.5) is 0 Å². The van der Waals surface area contributed by atoms with E-state index in [0.29, 0.717) is 13.0 Å². The zero-order valence-corrected chi connectivity index (χ0v) is 23.4. The van der Waals surface area contributed by atoms with E-state index in [1.807, 2.05) is 30.3 Å². The van der Waals surface area contributed by atoms with E-state index in [9.17, 15) is 24.3 Å². The van der Waals surface area contributed by atoms with Crippen molar-refractivity contribution in [3.8, 4) is 0 Å². The van der Waals surface area contributed by atoms with Gasteiger partial charge in [-0.05, 0) is 37.0 Å². The van der Waals surface area contributed by atoms with E-state index in [0.717, 1.165) is 22.0 Å². The molecule has 0 saturated heterocycles. The van der Waals surface area contributed by atoms with E-state index in [4.69, 9.17) is 17.2 Å². The number of hydrogen-bond acceptors (Lipinski definition) is 6. The smallest absolute Gasteiger partial charge is 0.326 e. The minimum Gasteiger partial charge on any atom is -0.480 e. The van der Waals surface area contributed by atoms with Gasteiger partial charge in [0.1, 0.15) is 18.1 Å². The minimum absolute atomic E-state index is 0.0412. The summed E-state index contributed by atoms with van der Waals surface area (Å²) in [6, 6.07) is 12.2. The number of fused-ring (bicyclic) bond motifs is 1. The number of nitrogens with two attached hydrogens (primary N) is 3. The van der Waals surface area contributed by atoms with Crippen LogP contribution in [0.3, 0.4) is 0 Å². The monoisotopic (exact) mass is 578 g/mol. The molecule has 0 fully saturated rings. The topological polar surface area (TPSA) is 231 Å². The van der Waals surface area contributed by atoms with Gasteiger partial charge in [0, 0.05) is 36.5 Å². The van der Waals surface area contributed by atoms with Crippen molar-refractivity contribution in [1.29, 1.82) is 0 Å². The predicted octanol–water partition coefficient (Wildman–Crippen LogP) is -0.107. The molecule has 0 aliphatic carbocycles. The number of carbonyl (C=O) groups excluding carboxylic acids is 3. The highest BCUT2D eigenvalue weighted by atomic mass is 16.4. The SMILES string of the molecule is CC(NC(=O)C(Cc1ccccc1)NC(=O)C(N)CCCN=C(N)N)C(=O)NC(Cc1c[nH]c2ccccc12)C(=O)O. The maximum absolute atomic E-state index is 13.3. The average Bonchev–Trinajstić information content (AvgIpc) is 3.37. The quantitative estimate of drug-likeness (QED) is 0.0687. The molecule has 3 rings (SSSR count). The fourth-order valence-corrected chi connectivity index (χ4v) is 4.39. The molecule has 3 amide bonds. The Labute approximate surface area is 243 Å². The first kappa shape index (κ1) is 31.6. The second-order valence-electron chi connectivity index (χ2n) is 10.00. The summed E-state index contributed by atoms with van der Waals surface area (Å²) in [5.41, 5.74) is 19.0. The standard InChI is InChI=1S/C29H38N8O5/c1-17(25(38)37-24(28(41)42)15-19-16-34-22-12-6-5-10-20(19)22)35-27(40)23(14-18-8-3-2-4-9-18)36-26(39)21(30)11-7-13-33-29(31)32/h2-6,8-10,12,16-17,21,23-24,34H,7,11,13-15,30H2,1H3,(H,35,40)(H,36,39)(H,37,38)(H,41,42)(H4,31,32,33). The van der Waals surface area contributed by atoms with Crippen LogP contribution >= 0.6 is 0 Å². The second-order valence-corrected chi connectivity index (χ2v) is 10.00. The summed E-state index contributed by atoms with van der Waals surface area (Å²) in [4.78, 5) is 58.0. The Morgan fingerprint density at radius 3 is 2.24 bits per heavy atom. The summed E-state index contributed by atoms with van der Waals surface area (Å²) in [6.07, 6.45) is 2.64. The van der Waals surface area contributed by atoms with Crippen molar-refractivity contribution in [2.45, 2.75) is 56.8 Å². The molecule has 0 saturated carbocycles. The number of amides is 3. The van der Waals surface area contributed by atoms with Gasteiger partial charge in [-0.25, -0.2) is 4.79 Å². The van der Waals surface area contributed by atoms with Crippen molar-refractivity contribution in [1.82, 2.24) is 20.9 Å². The molecule has 11 N–H and O–H groups in total. The first-order chi connectivity index (χ1) is 20.0. The molecule has 3 aromatic rings. The van der Waals surface area contributed by atoms with Crippen LogP contribution < -0.4 is 33.2 Å². The van der Waals surface area contributed by atoms with Gasteiger partial charge in [-0.3, -0.25) is 19.4 Å². The molecular weight excluding hydrogens is 540 g/mol. The lowest BCUT2D eigenvalue weighted by atomic mass is 10.0. The van der Waals surface area contributed by atoms with Gasteiger partial charge in [0.15, 0.2) is 5.96 Å². The average molecular weight is 579 g/mol. The van der Waals surface area contributed by atoms with E-state index >= 15 is 0 Å². The molecular formula is C29H38N8O5. The number of carboxylic acids is 1. The molecule has 224 valence electrons. The largest absolute Gasteiger partial charge is 0.480 e. The Morgan fingerprint density at radius 1 is 0.881 bits per heavy atom. The molecule has 0 bridgehead atoms. The Morgan fingerprint density at radius 2 is 1.55 bits per heavy atom. The lowest BCUT2D eigenvalue weighted by Crippen LogP contribution is -2.57. The van der Waals surface area contributed by atoms with Crippen molar-refractivity contribution in [2.24, 2.45) is 22.2 Å². The molecule has 1 heterocycles. The van der Waals surface area contributed by atoms with Crippen LogP contribution in [0.1, 0.15) is 30.9 Å². The number of aromatic nitrogens is 1. The molecule has 4 unspecified atom stereocenters. The molecule has 1 aromatic heterocycles. The van der Waals surface area contributed by atoms with Gasteiger partial charge >= 0.3 is 5.97 Å². The Hall–Kier alpha value is -4.91. The van der Waals surface area contributed by atoms with Crippen LogP contribution in [0.25, 0.3) is 10.9 Å². The second kappa shape index (κ2) is 15.2. The highest BCUT2D eigenvalue weighted by Gasteiger charge is 2.29. The molecule has 4 atom stereocenters. The molecule has 13 heteroatoms. The summed E-state index contributed by atoms with van der Waals surface area (Å²) in [6.45, 7) is 1.75. The number of nitrogens with one attached hydrogen (secondary N) is 4. The number of carbonyl (C=O) groups is 4. The van der Waals surface area contributed by atoms with Crippen LogP contribution in [-0.2, 0) is 32.0 Å². The third kappa shape index (κ3) is 9.34. The van der Waals surface area contributed by atoms with Crippen LogP contribution in [0.15, 0.2) is 65.8 Å². The Kier molecular flexibility index (Phi) is 11.4. The van der Waals surface area contributed by atoms with Crippen molar-refractivity contribution in [2.75, 3.05) is 6.54 Å². The van der Waals surface area contributed by atoms with E-state index in [1.165, 1.54) is 6.92 Å². The molecule has 2 aromatic carbocycles.